The maximum absolute atomic E-state index is 12.8. The Bertz CT molecular complexity index is 937. The van der Waals surface area contributed by atoms with Gasteiger partial charge in [-0.2, -0.15) is 0 Å². The van der Waals surface area contributed by atoms with E-state index in [9.17, 15) is 9.59 Å². The highest BCUT2D eigenvalue weighted by molar-refractivity contribution is 7.99. The number of hydrogen-bond donors (Lipinski definition) is 2. The quantitative estimate of drug-likeness (QED) is 0.361. The third-order valence-electron chi connectivity index (χ3n) is 3.98. The van der Waals surface area contributed by atoms with E-state index < -0.39 is 11.9 Å². The minimum atomic E-state index is -0.609. The standard InChI is InChI=1S/C18H18N4O3S/c1-4-8-26-18-21-15-14(16(23)22-18)13(11-6-5-7-19-9-11)12(10(2)20-15)17(24)25-3/h4-7,9,13H,1,8H2,2-3H3,(H2,20,21,22,23)/t13-/m0/s1. The molecule has 0 fully saturated rings. The van der Waals surface area contributed by atoms with E-state index in [-0.39, 0.29) is 5.56 Å². The molecule has 0 bridgehead atoms. The Morgan fingerprint density at radius 3 is 2.96 bits per heavy atom. The van der Waals surface area contributed by atoms with E-state index in [0.29, 0.717) is 39.1 Å². The number of nitrogens with one attached hydrogen (secondary N) is 2. The van der Waals surface area contributed by atoms with Gasteiger partial charge in [0.25, 0.3) is 5.56 Å². The summed E-state index contributed by atoms with van der Waals surface area (Å²) in [5.74, 6) is -0.0591. The molecule has 26 heavy (non-hydrogen) atoms. The van der Waals surface area contributed by atoms with E-state index in [0.717, 1.165) is 0 Å². The predicted octanol–water partition coefficient (Wildman–Crippen LogP) is 2.45. The number of esters is 1. The number of carbonyl (C=O) groups excluding carboxylic acids is 1. The van der Waals surface area contributed by atoms with Crippen LogP contribution in [0.1, 0.15) is 24.0 Å². The van der Waals surface area contributed by atoms with Crippen molar-refractivity contribution in [3.8, 4) is 0 Å². The molecular formula is C18H18N4O3S. The molecule has 0 saturated carbocycles. The van der Waals surface area contributed by atoms with Crippen LogP contribution in [0.4, 0.5) is 5.82 Å². The van der Waals surface area contributed by atoms with Crippen molar-refractivity contribution in [2.45, 2.75) is 18.0 Å². The van der Waals surface area contributed by atoms with Crippen LogP contribution in [0.2, 0.25) is 0 Å². The molecular weight excluding hydrogens is 352 g/mol. The number of carbonyl (C=O) groups is 1. The average molecular weight is 370 g/mol. The maximum Gasteiger partial charge on any atom is 0.336 e. The Morgan fingerprint density at radius 2 is 2.31 bits per heavy atom. The lowest BCUT2D eigenvalue weighted by Crippen LogP contribution is -2.31. The molecule has 3 rings (SSSR count). The molecule has 0 amide bonds. The van der Waals surface area contributed by atoms with E-state index >= 15 is 0 Å². The molecule has 0 saturated heterocycles. The van der Waals surface area contributed by atoms with Crippen molar-refractivity contribution in [3.05, 3.63) is 69.9 Å². The topological polar surface area (TPSA) is 97.0 Å². The molecule has 1 aliphatic rings. The minimum Gasteiger partial charge on any atom is -0.466 e. The molecule has 2 aromatic rings. The molecule has 8 heteroatoms. The zero-order valence-corrected chi connectivity index (χ0v) is 15.2. The number of methoxy groups -OCH3 is 1. The van der Waals surface area contributed by atoms with E-state index in [1.54, 1.807) is 31.5 Å². The number of nitrogens with zero attached hydrogens (tertiary/aromatic N) is 2. The molecule has 2 aromatic heterocycles. The highest BCUT2D eigenvalue weighted by Gasteiger charge is 2.36. The zero-order chi connectivity index (χ0) is 18.7. The SMILES string of the molecule is C=CCSc1nc2c(c(=O)[nH]1)[C@@H](c1cccnc1)C(C(=O)OC)=C(C)N2. The van der Waals surface area contributed by atoms with Crippen LogP contribution >= 0.6 is 11.8 Å². The fraction of sp³-hybridized carbons (Fsp3) is 0.222. The second-order valence-electron chi connectivity index (χ2n) is 5.61. The lowest BCUT2D eigenvalue weighted by atomic mass is 9.83. The predicted molar refractivity (Wildman–Crippen MR) is 100 cm³/mol. The van der Waals surface area contributed by atoms with Gasteiger partial charge in [0.1, 0.15) is 5.82 Å². The number of allylic oxidation sites excluding steroid dienone is 1. The molecule has 0 unspecified atom stereocenters. The first-order valence-electron chi connectivity index (χ1n) is 7.90. The molecule has 134 valence electrons. The van der Waals surface area contributed by atoms with Crippen LogP contribution < -0.4 is 10.9 Å². The van der Waals surface area contributed by atoms with Crippen LogP contribution in [-0.2, 0) is 9.53 Å². The zero-order valence-electron chi connectivity index (χ0n) is 14.4. The molecule has 0 aliphatic carbocycles. The average Bonchev–Trinajstić information content (AvgIpc) is 2.65. The van der Waals surface area contributed by atoms with Gasteiger partial charge in [0.2, 0.25) is 0 Å². The van der Waals surface area contributed by atoms with Crippen LogP contribution in [0.25, 0.3) is 0 Å². The summed E-state index contributed by atoms with van der Waals surface area (Å²) < 4.78 is 4.94. The molecule has 0 radical (unpaired) electrons. The summed E-state index contributed by atoms with van der Waals surface area (Å²) in [6.45, 7) is 5.43. The number of aromatic nitrogens is 3. The van der Waals surface area contributed by atoms with Gasteiger partial charge in [-0.05, 0) is 18.6 Å². The number of thioether (sulfide) groups is 1. The summed E-state index contributed by atoms with van der Waals surface area (Å²) in [4.78, 5) is 36.6. The first kappa shape index (κ1) is 17.9. The Morgan fingerprint density at radius 1 is 1.50 bits per heavy atom. The maximum atomic E-state index is 12.8. The first-order valence-corrected chi connectivity index (χ1v) is 8.89. The summed E-state index contributed by atoms with van der Waals surface area (Å²) in [5, 5.41) is 3.56. The highest BCUT2D eigenvalue weighted by atomic mass is 32.2. The van der Waals surface area contributed by atoms with Gasteiger partial charge in [0.15, 0.2) is 5.16 Å². The third-order valence-corrected chi connectivity index (χ3v) is 4.85. The Hall–Kier alpha value is -2.87. The largest absolute Gasteiger partial charge is 0.466 e. The number of aromatic amines is 1. The van der Waals surface area contributed by atoms with E-state index in [4.69, 9.17) is 4.74 Å². The lowest BCUT2D eigenvalue weighted by molar-refractivity contribution is -0.136. The Kier molecular flexibility index (Phi) is 5.22. The van der Waals surface area contributed by atoms with Crippen molar-refractivity contribution in [2.75, 3.05) is 18.2 Å². The van der Waals surface area contributed by atoms with Crippen LogP contribution in [0.3, 0.4) is 0 Å². The van der Waals surface area contributed by atoms with Crippen molar-refractivity contribution in [3.63, 3.8) is 0 Å². The smallest absolute Gasteiger partial charge is 0.336 e. The molecule has 0 spiro atoms. The van der Waals surface area contributed by atoms with Gasteiger partial charge >= 0.3 is 5.97 Å². The van der Waals surface area contributed by atoms with Crippen molar-refractivity contribution in [2.24, 2.45) is 0 Å². The molecule has 2 N–H and O–H groups in total. The second kappa shape index (κ2) is 7.57. The van der Waals surface area contributed by atoms with Crippen molar-refractivity contribution in [1.29, 1.82) is 0 Å². The van der Waals surface area contributed by atoms with Gasteiger partial charge in [0, 0.05) is 23.8 Å². The third kappa shape index (κ3) is 3.28. The number of fused-ring (bicyclic) bond motifs is 1. The van der Waals surface area contributed by atoms with Gasteiger partial charge in [-0.1, -0.05) is 23.9 Å². The highest BCUT2D eigenvalue weighted by Crippen LogP contribution is 2.39. The first-order chi connectivity index (χ1) is 12.6. The van der Waals surface area contributed by atoms with Crippen molar-refractivity contribution >= 4 is 23.5 Å². The number of H-pyrrole nitrogens is 1. The van der Waals surface area contributed by atoms with Crippen molar-refractivity contribution in [1.82, 2.24) is 15.0 Å². The normalized spacial score (nSPS) is 15.8. The molecule has 0 aromatic carbocycles. The number of ether oxygens (including phenoxy) is 1. The van der Waals surface area contributed by atoms with Gasteiger partial charge in [0.05, 0.1) is 24.2 Å². The minimum absolute atomic E-state index is 0.309. The number of anilines is 1. The molecule has 1 atom stereocenters. The number of pyridine rings is 1. The summed E-state index contributed by atoms with van der Waals surface area (Å²) in [6.07, 6.45) is 5.00. The lowest BCUT2D eigenvalue weighted by Gasteiger charge is -2.28. The van der Waals surface area contributed by atoms with Crippen molar-refractivity contribution < 1.29 is 9.53 Å². The summed E-state index contributed by atoms with van der Waals surface area (Å²) in [5.41, 5.74) is 1.74. The van der Waals surface area contributed by atoms with E-state index in [2.05, 4.69) is 26.8 Å². The van der Waals surface area contributed by atoms with Gasteiger partial charge in [-0.15, -0.1) is 6.58 Å². The second-order valence-corrected chi connectivity index (χ2v) is 6.62. The van der Waals surface area contributed by atoms with Crippen LogP contribution in [0.15, 0.2) is 58.4 Å². The monoisotopic (exact) mass is 370 g/mol. The fourth-order valence-corrected chi connectivity index (χ4v) is 3.49. The van der Waals surface area contributed by atoms with Gasteiger partial charge < -0.3 is 15.0 Å². The molecule has 3 heterocycles. The van der Waals surface area contributed by atoms with Gasteiger partial charge in [-0.3, -0.25) is 9.78 Å². The Labute approximate surface area is 154 Å². The summed E-state index contributed by atoms with van der Waals surface area (Å²) in [6, 6.07) is 3.58. The van der Waals surface area contributed by atoms with Crippen LogP contribution in [-0.4, -0.2) is 33.8 Å². The summed E-state index contributed by atoms with van der Waals surface area (Å²) in [7, 11) is 1.32. The number of rotatable bonds is 5. The fourth-order valence-electron chi connectivity index (χ4n) is 2.90. The molecule has 7 nitrogen and oxygen atoms in total. The van der Waals surface area contributed by atoms with E-state index in [1.807, 2.05) is 6.07 Å². The van der Waals surface area contributed by atoms with E-state index in [1.165, 1.54) is 18.9 Å². The van der Waals surface area contributed by atoms with Crippen LogP contribution in [0.5, 0.6) is 0 Å². The molecule has 1 aliphatic heterocycles. The van der Waals surface area contributed by atoms with Crippen LogP contribution in [0, 0.1) is 0 Å². The summed E-state index contributed by atoms with van der Waals surface area (Å²) >= 11 is 1.37. The Balaban J connectivity index is 2.20. The van der Waals surface area contributed by atoms with Gasteiger partial charge in [-0.25, -0.2) is 9.78 Å². The number of hydrogen-bond acceptors (Lipinski definition) is 7.